The van der Waals surface area contributed by atoms with E-state index in [1.807, 2.05) is 0 Å². The molecular formula is C20H30NP. The van der Waals surface area contributed by atoms with Gasteiger partial charge < -0.3 is 4.90 Å². The topological polar surface area (TPSA) is 3.24 Å². The van der Waals surface area contributed by atoms with Crippen molar-refractivity contribution < 1.29 is 0 Å². The molecule has 3 rings (SSSR count). The Balaban J connectivity index is 1.91. The second-order valence-corrected chi connectivity index (χ2v) is 9.65. The van der Waals surface area contributed by atoms with E-state index in [9.17, 15) is 0 Å². The smallest absolute Gasteiger partial charge is 0.00953 e. The Hall–Kier alpha value is -0.650. The molecule has 1 nitrogen and oxygen atoms in total. The maximum Gasteiger partial charge on any atom is 0.00953 e. The number of benzene rings is 1. The summed E-state index contributed by atoms with van der Waals surface area (Å²) in [5.74, 6) is 0.864. The van der Waals surface area contributed by atoms with Crippen molar-refractivity contribution in [3.63, 3.8) is 0 Å². The van der Waals surface area contributed by atoms with Crippen LogP contribution in [-0.2, 0) is 0 Å². The van der Waals surface area contributed by atoms with Crippen LogP contribution in [0.25, 0.3) is 0 Å². The van der Waals surface area contributed by atoms with Crippen molar-refractivity contribution in [2.45, 2.75) is 57.1 Å². The number of hydrogen-bond donors (Lipinski definition) is 0. The van der Waals surface area contributed by atoms with Gasteiger partial charge in [0.05, 0.1) is 0 Å². The lowest BCUT2D eigenvalue weighted by molar-refractivity contribution is 0.232. The molecule has 0 N–H and O–H groups in total. The summed E-state index contributed by atoms with van der Waals surface area (Å²) in [6.07, 6.45) is 10.9. The molecule has 3 unspecified atom stereocenters. The largest absolute Gasteiger partial charge is 0.306 e. The first-order valence-electron chi connectivity index (χ1n) is 8.88. The summed E-state index contributed by atoms with van der Waals surface area (Å²) in [5.41, 5.74) is 0.888. The van der Waals surface area contributed by atoms with Gasteiger partial charge in [-0.1, -0.05) is 42.8 Å². The van der Waals surface area contributed by atoms with Gasteiger partial charge in [0.1, 0.15) is 0 Å². The van der Waals surface area contributed by atoms with E-state index in [4.69, 9.17) is 0 Å². The normalized spacial score (nSPS) is 27.9. The second-order valence-electron chi connectivity index (χ2n) is 7.16. The first kappa shape index (κ1) is 16.2. The van der Waals surface area contributed by atoms with Gasteiger partial charge in [-0.3, -0.25) is 0 Å². The third kappa shape index (κ3) is 3.31. The average Bonchev–Trinajstić information content (AvgIpc) is 3.20. The second kappa shape index (κ2) is 7.28. The fraction of sp³-hybridized carbons (Fsp3) is 0.600. The van der Waals surface area contributed by atoms with Gasteiger partial charge in [0.2, 0.25) is 0 Å². The van der Waals surface area contributed by atoms with Crippen molar-refractivity contribution in [1.82, 2.24) is 4.90 Å². The highest BCUT2D eigenvalue weighted by Crippen LogP contribution is 2.59. The van der Waals surface area contributed by atoms with Gasteiger partial charge in [-0.2, -0.15) is 0 Å². The van der Waals surface area contributed by atoms with E-state index >= 15 is 0 Å². The summed E-state index contributed by atoms with van der Waals surface area (Å²) in [4.78, 5) is 2.44. The predicted octanol–water partition coefficient (Wildman–Crippen LogP) is 4.98. The number of hydrogen-bond acceptors (Lipinski definition) is 1. The van der Waals surface area contributed by atoms with Gasteiger partial charge in [-0.15, -0.1) is 0 Å². The van der Waals surface area contributed by atoms with Crippen LogP contribution in [0.4, 0.5) is 0 Å². The molecule has 2 aliphatic carbocycles. The fourth-order valence-electron chi connectivity index (χ4n) is 4.27. The first-order valence-corrected chi connectivity index (χ1v) is 10.3. The zero-order chi connectivity index (χ0) is 15.5. The highest BCUT2D eigenvalue weighted by atomic mass is 31.1. The average molecular weight is 315 g/mol. The molecule has 0 aliphatic heterocycles. The van der Waals surface area contributed by atoms with Crippen LogP contribution in [-0.4, -0.2) is 30.7 Å². The minimum absolute atomic E-state index is 0.120. The van der Waals surface area contributed by atoms with E-state index in [-0.39, 0.29) is 7.92 Å². The Labute approximate surface area is 137 Å². The zero-order valence-electron chi connectivity index (χ0n) is 14.3. The highest BCUT2D eigenvalue weighted by Gasteiger charge is 2.39. The van der Waals surface area contributed by atoms with Crippen molar-refractivity contribution in [3.05, 3.63) is 41.7 Å². The lowest BCUT2D eigenvalue weighted by Crippen LogP contribution is -2.36. The van der Waals surface area contributed by atoms with Gasteiger partial charge in [0.15, 0.2) is 0 Å². The molecule has 0 aromatic heterocycles. The number of rotatable bonds is 5. The minimum atomic E-state index is -0.120. The van der Waals surface area contributed by atoms with Crippen LogP contribution in [0.5, 0.6) is 0 Å². The maximum atomic E-state index is 2.58. The van der Waals surface area contributed by atoms with Gasteiger partial charge in [-0.25, -0.2) is 0 Å². The molecule has 120 valence electrons. The zero-order valence-corrected chi connectivity index (χ0v) is 15.2. The quantitative estimate of drug-likeness (QED) is 0.693. The molecule has 1 aromatic rings. The number of nitrogens with zero attached hydrogens (tertiary/aromatic N) is 1. The summed E-state index contributed by atoms with van der Waals surface area (Å²) in [5, 5.41) is 3.41. The van der Waals surface area contributed by atoms with E-state index in [2.05, 4.69) is 62.3 Å². The van der Waals surface area contributed by atoms with Crippen LogP contribution in [0.15, 0.2) is 41.7 Å². The third-order valence-corrected chi connectivity index (χ3v) is 8.84. The molecule has 0 radical (unpaired) electrons. The molecule has 2 heteroatoms. The van der Waals surface area contributed by atoms with Gasteiger partial charge in [0, 0.05) is 6.04 Å². The van der Waals surface area contributed by atoms with Crippen molar-refractivity contribution >= 4 is 13.2 Å². The van der Waals surface area contributed by atoms with E-state index < -0.39 is 0 Å². The summed E-state index contributed by atoms with van der Waals surface area (Å²) in [7, 11) is 4.38. The summed E-state index contributed by atoms with van der Waals surface area (Å²) < 4.78 is 0. The summed E-state index contributed by atoms with van der Waals surface area (Å²) >= 11 is 0. The lowest BCUT2D eigenvalue weighted by atomic mass is 9.98. The molecule has 0 amide bonds. The van der Waals surface area contributed by atoms with E-state index in [1.165, 1.54) is 38.5 Å². The standard InChI is InChI=1S/C20H30NP/c1-16(21(2)3)19-14-9-15-20(19)22(18-12-7-8-13-18)17-10-5-4-6-11-17/h4-6,10-12,16,19-20H,7-9,13-15H2,1-3H3/t16-,19?,20?,22?/m1/s1. The summed E-state index contributed by atoms with van der Waals surface area (Å²) in [6.45, 7) is 2.44. The van der Waals surface area contributed by atoms with Crippen molar-refractivity contribution in [2.24, 2.45) is 5.92 Å². The molecule has 2 aliphatic rings. The van der Waals surface area contributed by atoms with Gasteiger partial charge >= 0.3 is 0 Å². The fourth-order valence-corrected chi connectivity index (χ4v) is 7.85. The van der Waals surface area contributed by atoms with E-state index in [0.717, 1.165) is 11.6 Å². The molecule has 1 fully saturated rings. The SMILES string of the molecule is C[C@H](C1CCCC1P(C1=CCCC1)c1ccccc1)N(C)C. The van der Waals surface area contributed by atoms with E-state index in [1.54, 1.807) is 10.6 Å². The predicted molar refractivity (Wildman–Crippen MR) is 99.2 cm³/mol. The molecule has 0 bridgehead atoms. The van der Waals surface area contributed by atoms with Crippen LogP contribution in [0.1, 0.15) is 45.4 Å². The molecular weight excluding hydrogens is 285 g/mol. The van der Waals surface area contributed by atoms with Crippen molar-refractivity contribution in [2.75, 3.05) is 14.1 Å². The molecule has 0 spiro atoms. The van der Waals surface area contributed by atoms with Gasteiger partial charge in [-0.05, 0) is 83.2 Å². The van der Waals surface area contributed by atoms with Crippen LogP contribution >= 0.6 is 7.92 Å². The Morgan fingerprint density at radius 3 is 2.50 bits per heavy atom. The van der Waals surface area contributed by atoms with Crippen LogP contribution in [0, 0.1) is 5.92 Å². The molecule has 0 heterocycles. The maximum absolute atomic E-state index is 2.58. The third-order valence-electron chi connectivity index (χ3n) is 5.66. The lowest BCUT2D eigenvalue weighted by Gasteiger charge is -2.36. The summed E-state index contributed by atoms with van der Waals surface area (Å²) in [6, 6.07) is 12.1. The Morgan fingerprint density at radius 2 is 1.86 bits per heavy atom. The molecule has 0 saturated heterocycles. The van der Waals surface area contributed by atoms with Crippen molar-refractivity contribution in [3.8, 4) is 0 Å². The van der Waals surface area contributed by atoms with E-state index in [0.29, 0.717) is 6.04 Å². The molecule has 1 saturated carbocycles. The number of allylic oxidation sites excluding steroid dienone is 2. The Kier molecular flexibility index (Phi) is 5.37. The molecule has 4 atom stereocenters. The molecule has 22 heavy (non-hydrogen) atoms. The Morgan fingerprint density at radius 1 is 1.09 bits per heavy atom. The van der Waals surface area contributed by atoms with Gasteiger partial charge in [0.25, 0.3) is 0 Å². The molecule has 1 aromatic carbocycles. The monoisotopic (exact) mass is 315 g/mol. The highest BCUT2D eigenvalue weighted by molar-refractivity contribution is 7.70. The van der Waals surface area contributed by atoms with Crippen LogP contribution in [0.2, 0.25) is 0 Å². The van der Waals surface area contributed by atoms with Crippen LogP contribution < -0.4 is 5.30 Å². The van der Waals surface area contributed by atoms with Crippen molar-refractivity contribution in [1.29, 1.82) is 0 Å². The first-order chi connectivity index (χ1) is 10.7. The van der Waals surface area contributed by atoms with Crippen LogP contribution in [0.3, 0.4) is 0 Å². The Bertz CT molecular complexity index is 508. The minimum Gasteiger partial charge on any atom is -0.306 e.